The minimum atomic E-state index is -1.18. The van der Waals surface area contributed by atoms with Crippen molar-refractivity contribution in [2.24, 2.45) is 0 Å². The lowest BCUT2D eigenvalue weighted by molar-refractivity contribution is -0.384. The number of carboxylic acids is 1. The van der Waals surface area contributed by atoms with Crippen molar-refractivity contribution in [3.8, 4) is 5.75 Å². The number of carboxylic acid groups (broad SMARTS) is 1. The third-order valence-electron chi connectivity index (χ3n) is 3.14. The van der Waals surface area contributed by atoms with Crippen LogP contribution in [0.5, 0.6) is 5.75 Å². The fourth-order valence-electron chi connectivity index (χ4n) is 1.98. The van der Waals surface area contributed by atoms with Crippen LogP contribution in [0.3, 0.4) is 0 Å². The molecule has 108 valence electrons. The fraction of sp³-hybridized carbons (Fsp3) is 0.133. The molecule has 2 aromatic rings. The Bertz CT molecular complexity index is 679. The lowest BCUT2D eigenvalue weighted by Crippen LogP contribution is -1.99. The number of benzene rings is 2. The van der Waals surface area contributed by atoms with E-state index < -0.39 is 10.9 Å². The van der Waals surface area contributed by atoms with Gasteiger partial charge in [-0.2, -0.15) is 0 Å². The standard InChI is InChI=1S/C15H13NO5/c17-14-8-5-11(9-13(14)15(18)19)2-1-10-3-6-12(7-4-10)16(20)21/h3-9,17H,1-2H2,(H,18,19). The normalized spacial score (nSPS) is 10.3. The highest BCUT2D eigenvalue weighted by atomic mass is 16.6. The van der Waals surface area contributed by atoms with Crippen molar-refractivity contribution >= 4 is 11.7 Å². The van der Waals surface area contributed by atoms with Gasteiger partial charge in [0.1, 0.15) is 11.3 Å². The molecule has 0 aliphatic carbocycles. The molecule has 0 aliphatic rings. The Kier molecular flexibility index (Phi) is 4.18. The number of nitro benzene ring substituents is 1. The number of aryl methyl sites for hydroxylation is 2. The SMILES string of the molecule is O=C(O)c1cc(CCc2ccc([N+](=O)[O-])cc2)ccc1O. The van der Waals surface area contributed by atoms with Crippen LogP contribution in [0.15, 0.2) is 42.5 Å². The number of aromatic carboxylic acids is 1. The zero-order chi connectivity index (χ0) is 15.4. The molecule has 2 aromatic carbocycles. The fourth-order valence-corrected chi connectivity index (χ4v) is 1.98. The molecule has 2 N–H and O–H groups in total. The molecule has 0 fully saturated rings. The van der Waals surface area contributed by atoms with Crippen molar-refractivity contribution in [2.45, 2.75) is 12.8 Å². The van der Waals surface area contributed by atoms with Gasteiger partial charge in [-0.25, -0.2) is 4.79 Å². The molecule has 2 rings (SSSR count). The minimum Gasteiger partial charge on any atom is -0.507 e. The van der Waals surface area contributed by atoms with E-state index in [0.29, 0.717) is 12.8 Å². The third-order valence-corrected chi connectivity index (χ3v) is 3.14. The van der Waals surface area contributed by atoms with Gasteiger partial charge in [0, 0.05) is 12.1 Å². The van der Waals surface area contributed by atoms with Crippen LogP contribution in [0.2, 0.25) is 0 Å². The molecule has 0 saturated carbocycles. The molecule has 0 aliphatic heterocycles. The van der Waals surface area contributed by atoms with Gasteiger partial charge in [-0.05, 0) is 36.1 Å². The van der Waals surface area contributed by atoms with Crippen LogP contribution in [0.25, 0.3) is 0 Å². The van der Waals surface area contributed by atoms with Crippen molar-refractivity contribution < 1.29 is 19.9 Å². The van der Waals surface area contributed by atoms with Crippen molar-refractivity contribution in [2.75, 3.05) is 0 Å². The number of hydrogen-bond donors (Lipinski definition) is 2. The molecule has 0 aromatic heterocycles. The molecular weight excluding hydrogens is 274 g/mol. The Morgan fingerprint density at radius 2 is 1.62 bits per heavy atom. The number of nitro groups is 1. The Hall–Kier alpha value is -2.89. The van der Waals surface area contributed by atoms with Crippen LogP contribution in [-0.4, -0.2) is 21.1 Å². The van der Waals surface area contributed by atoms with E-state index in [1.807, 2.05) is 0 Å². The summed E-state index contributed by atoms with van der Waals surface area (Å²) in [7, 11) is 0. The molecule has 0 heterocycles. The first-order valence-corrected chi connectivity index (χ1v) is 6.26. The highest BCUT2D eigenvalue weighted by molar-refractivity contribution is 5.90. The van der Waals surface area contributed by atoms with Gasteiger partial charge in [-0.15, -0.1) is 0 Å². The zero-order valence-corrected chi connectivity index (χ0v) is 11.0. The summed E-state index contributed by atoms with van der Waals surface area (Å²) in [5.74, 6) is -1.44. The zero-order valence-electron chi connectivity index (χ0n) is 11.0. The number of aromatic hydroxyl groups is 1. The Morgan fingerprint density at radius 3 is 2.19 bits per heavy atom. The van der Waals surface area contributed by atoms with Crippen molar-refractivity contribution in [3.05, 3.63) is 69.3 Å². The third kappa shape index (κ3) is 3.56. The summed E-state index contributed by atoms with van der Waals surface area (Å²) in [4.78, 5) is 21.0. The number of nitrogens with zero attached hydrogens (tertiary/aromatic N) is 1. The number of carbonyl (C=O) groups is 1. The number of rotatable bonds is 5. The first-order valence-electron chi connectivity index (χ1n) is 6.26. The number of hydrogen-bond acceptors (Lipinski definition) is 4. The number of phenols is 1. The second-order valence-corrected chi connectivity index (χ2v) is 4.58. The van der Waals surface area contributed by atoms with E-state index >= 15 is 0 Å². The van der Waals surface area contributed by atoms with Gasteiger partial charge in [0.15, 0.2) is 0 Å². The molecule has 6 heteroatoms. The monoisotopic (exact) mass is 287 g/mol. The van der Waals surface area contributed by atoms with E-state index in [0.717, 1.165) is 11.1 Å². The number of non-ortho nitro benzene ring substituents is 1. The van der Waals surface area contributed by atoms with Crippen LogP contribution < -0.4 is 0 Å². The lowest BCUT2D eigenvalue weighted by Gasteiger charge is -2.05. The Labute approximate surface area is 120 Å². The predicted octanol–water partition coefficient (Wildman–Crippen LogP) is 2.78. The smallest absolute Gasteiger partial charge is 0.339 e. The van der Waals surface area contributed by atoms with E-state index in [1.165, 1.54) is 24.3 Å². The average molecular weight is 287 g/mol. The largest absolute Gasteiger partial charge is 0.507 e. The Balaban J connectivity index is 2.07. The molecule has 0 radical (unpaired) electrons. The average Bonchev–Trinajstić information content (AvgIpc) is 2.46. The van der Waals surface area contributed by atoms with Crippen molar-refractivity contribution in [3.63, 3.8) is 0 Å². The summed E-state index contributed by atoms with van der Waals surface area (Å²) in [5, 5.41) is 28.9. The van der Waals surface area contributed by atoms with Crippen LogP contribution >= 0.6 is 0 Å². The van der Waals surface area contributed by atoms with E-state index in [1.54, 1.807) is 18.2 Å². The van der Waals surface area contributed by atoms with E-state index in [4.69, 9.17) is 5.11 Å². The van der Waals surface area contributed by atoms with Gasteiger partial charge in [0.25, 0.3) is 5.69 Å². The van der Waals surface area contributed by atoms with E-state index in [9.17, 15) is 20.0 Å². The molecule has 0 amide bonds. The van der Waals surface area contributed by atoms with E-state index in [2.05, 4.69) is 0 Å². The molecule has 0 unspecified atom stereocenters. The highest BCUT2D eigenvalue weighted by Crippen LogP contribution is 2.20. The second kappa shape index (κ2) is 6.04. The first-order chi connectivity index (χ1) is 9.97. The molecule has 0 saturated heterocycles. The topological polar surface area (TPSA) is 101 Å². The molecule has 0 bridgehead atoms. The maximum absolute atomic E-state index is 10.9. The van der Waals surface area contributed by atoms with Crippen molar-refractivity contribution in [1.82, 2.24) is 0 Å². The van der Waals surface area contributed by atoms with Crippen LogP contribution in [-0.2, 0) is 12.8 Å². The Morgan fingerprint density at radius 1 is 1.05 bits per heavy atom. The van der Waals surface area contributed by atoms with Gasteiger partial charge in [0.05, 0.1) is 4.92 Å². The maximum atomic E-state index is 10.9. The highest BCUT2D eigenvalue weighted by Gasteiger charge is 2.10. The van der Waals surface area contributed by atoms with Crippen LogP contribution in [0, 0.1) is 10.1 Å². The lowest BCUT2D eigenvalue weighted by atomic mass is 10.0. The predicted molar refractivity (Wildman–Crippen MR) is 75.6 cm³/mol. The second-order valence-electron chi connectivity index (χ2n) is 4.58. The molecule has 0 atom stereocenters. The van der Waals surface area contributed by atoms with Crippen LogP contribution in [0.1, 0.15) is 21.5 Å². The van der Waals surface area contributed by atoms with Crippen molar-refractivity contribution in [1.29, 1.82) is 0 Å². The summed E-state index contributed by atoms with van der Waals surface area (Å²) >= 11 is 0. The van der Waals surface area contributed by atoms with Gasteiger partial charge in [-0.3, -0.25) is 10.1 Å². The minimum absolute atomic E-state index is 0.0385. The van der Waals surface area contributed by atoms with Gasteiger partial charge in [-0.1, -0.05) is 18.2 Å². The van der Waals surface area contributed by atoms with E-state index in [-0.39, 0.29) is 17.0 Å². The molecule has 21 heavy (non-hydrogen) atoms. The maximum Gasteiger partial charge on any atom is 0.339 e. The quantitative estimate of drug-likeness (QED) is 0.650. The summed E-state index contributed by atoms with van der Waals surface area (Å²) in [6, 6.07) is 10.7. The van der Waals surface area contributed by atoms with Crippen LogP contribution in [0.4, 0.5) is 5.69 Å². The summed E-state index contributed by atoms with van der Waals surface area (Å²) in [6.45, 7) is 0. The molecule has 0 spiro atoms. The molecular formula is C15H13NO5. The first kappa shape index (κ1) is 14.5. The van der Waals surface area contributed by atoms with Gasteiger partial charge in [0.2, 0.25) is 0 Å². The van der Waals surface area contributed by atoms with Gasteiger partial charge < -0.3 is 10.2 Å². The summed E-state index contributed by atoms with van der Waals surface area (Å²) < 4.78 is 0. The summed E-state index contributed by atoms with van der Waals surface area (Å²) in [5.41, 5.74) is 1.61. The van der Waals surface area contributed by atoms with Gasteiger partial charge >= 0.3 is 5.97 Å². The summed E-state index contributed by atoms with van der Waals surface area (Å²) in [6.07, 6.45) is 1.21. The molecule has 6 nitrogen and oxygen atoms in total.